The molecule has 130 valence electrons. The van der Waals surface area contributed by atoms with E-state index in [1.165, 1.54) is 6.07 Å². The molecule has 0 radical (unpaired) electrons. The van der Waals surface area contributed by atoms with Crippen molar-refractivity contribution >= 4 is 23.0 Å². The van der Waals surface area contributed by atoms with Crippen LogP contribution < -0.4 is 20.7 Å². The fourth-order valence-corrected chi connectivity index (χ4v) is 2.75. The first-order valence-electron chi connectivity index (χ1n) is 7.82. The molecule has 25 heavy (non-hydrogen) atoms. The average Bonchev–Trinajstić information content (AvgIpc) is 2.61. The van der Waals surface area contributed by atoms with Crippen LogP contribution in [0.25, 0.3) is 0 Å². The van der Waals surface area contributed by atoms with Crippen molar-refractivity contribution in [2.75, 3.05) is 29.9 Å². The quantitative estimate of drug-likeness (QED) is 0.613. The molecule has 1 amide bonds. The molecule has 1 heterocycles. The van der Waals surface area contributed by atoms with Gasteiger partial charge in [-0.2, -0.15) is 0 Å². The van der Waals surface area contributed by atoms with E-state index in [1.807, 2.05) is 35.2 Å². The number of hydrogen-bond donors (Lipinski definition) is 2. The number of fused-ring (bicyclic) bond motifs is 1. The second kappa shape index (κ2) is 7.18. The SMILES string of the molecule is NCCN(Cc1ccccc1)c1cc2c(cc1[N+](=O)[O-])OCC(=O)N2. The third kappa shape index (κ3) is 3.69. The van der Waals surface area contributed by atoms with Crippen LogP contribution in [0.4, 0.5) is 17.1 Å². The molecule has 0 fully saturated rings. The van der Waals surface area contributed by atoms with Gasteiger partial charge in [0.05, 0.1) is 16.7 Å². The van der Waals surface area contributed by atoms with Gasteiger partial charge in [0.25, 0.3) is 11.6 Å². The lowest BCUT2D eigenvalue weighted by Gasteiger charge is -2.26. The number of nitro groups is 1. The van der Waals surface area contributed by atoms with E-state index < -0.39 is 4.92 Å². The second-order valence-electron chi connectivity index (χ2n) is 5.63. The Kier molecular flexibility index (Phi) is 4.80. The van der Waals surface area contributed by atoms with Crippen molar-refractivity contribution in [1.29, 1.82) is 0 Å². The van der Waals surface area contributed by atoms with Crippen LogP contribution in [0.15, 0.2) is 42.5 Å². The Morgan fingerprint density at radius 2 is 2.04 bits per heavy atom. The van der Waals surface area contributed by atoms with Gasteiger partial charge >= 0.3 is 0 Å². The number of benzene rings is 2. The largest absolute Gasteiger partial charge is 0.481 e. The van der Waals surface area contributed by atoms with E-state index >= 15 is 0 Å². The van der Waals surface area contributed by atoms with Crippen LogP contribution in [-0.4, -0.2) is 30.5 Å². The number of nitrogens with two attached hydrogens (primary N) is 1. The highest BCUT2D eigenvalue weighted by Gasteiger charge is 2.26. The number of carbonyl (C=O) groups excluding carboxylic acids is 1. The maximum Gasteiger partial charge on any atom is 0.296 e. The maximum atomic E-state index is 11.5. The zero-order valence-electron chi connectivity index (χ0n) is 13.5. The fraction of sp³-hybridized carbons (Fsp3) is 0.235. The number of nitrogens with zero attached hydrogens (tertiary/aromatic N) is 2. The monoisotopic (exact) mass is 342 g/mol. The van der Waals surface area contributed by atoms with Crippen molar-refractivity contribution in [1.82, 2.24) is 0 Å². The van der Waals surface area contributed by atoms with Gasteiger partial charge in [-0.05, 0) is 11.6 Å². The van der Waals surface area contributed by atoms with Crippen molar-refractivity contribution in [3.05, 3.63) is 58.1 Å². The van der Waals surface area contributed by atoms with Crippen molar-refractivity contribution in [2.45, 2.75) is 6.54 Å². The van der Waals surface area contributed by atoms with Crippen LogP contribution in [0.5, 0.6) is 5.75 Å². The Morgan fingerprint density at radius 1 is 1.28 bits per heavy atom. The summed E-state index contributed by atoms with van der Waals surface area (Å²) in [5.41, 5.74) is 7.44. The Balaban J connectivity index is 2.02. The lowest BCUT2D eigenvalue weighted by molar-refractivity contribution is -0.384. The van der Waals surface area contributed by atoms with Crippen molar-refractivity contribution < 1.29 is 14.5 Å². The number of nitro benzene ring substituents is 1. The Morgan fingerprint density at radius 3 is 2.72 bits per heavy atom. The molecule has 0 saturated heterocycles. The summed E-state index contributed by atoms with van der Waals surface area (Å²) in [4.78, 5) is 24.5. The summed E-state index contributed by atoms with van der Waals surface area (Å²) in [5.74, 6) is 0.00296. The number of rotatable bonds is 6. The van der Waals surface area contributed by atoms with E-state index in [-0.39, 0.29) is 18.2 Å². The van der Waals surface area contributed by atoms with Gasteiger partial charge in [-0.3, -0.25) is 14.9 Å². The van der Waals surface area contributed by atoms with Crippen molar-refractivity contribution in [2.24, 2.45) is 5.73 Å². The summed E-state index contributed by atoms with van der Waals surface area (Å²) in [6, 6.07) is 12.5. The van der Waals surface area contributed by atoms with E-state index in [4.69, 9.17) is 10.5 Å². The van der Waals surface area contributed by atoms with Gasteiger partial charge in [0.15, 0.2) is 12.4 Å². The van der Waals surface area contributed by atoms with Gasteiger partial charge < -0.3 is 20.7 Å². The average molecular weight is 342 g/mol. The number of ether oxygens (including phenoxy) is 1. The van der Waals surface area contributed by atoms with Gasteiger partial charge in [-0.1, -0.05) is 30.3 Å². The molecule has 2 aromatic carbocycles. The van der Waals surface area contributed by atoms with Gasteiger partial charge in [0.2, 0.25) is 0 Å². The predicted molar refractivity (Wildman–Crippen MR) is 93.8 cm³/mol. The lowest BCUT2D eigenvalue weighted by Crippen LogP contribution is -2.30. The minimum atomic E-state index is -0.454. The first-order valence-corrected chi connectivity index (χ1v) is 7.82. The zero-order valence-corrected chi connectivity index (χ0v) is 13.5. The Bertz CT molecular complexity index is 795. The molecule has 0 bridgehead atoms. The Labute approximate surface area is 144 Å². The Hall–Kier alpha value is -3.13. The minimum Gasteiger partial charge on any atom is -0.481 e. The second-order valence-corrected chi connectivity index (χ2v) is 5.63. The number of anilines is 2. The highest BCUT2D eigenvalue weighted by atomic mass is 16.6. The molecule has 3 N–H and O–H groups in total. The molecule has 1 aliphatic heterocycles. The number of amides is 1. The molecule has 0 aliphatic carbocycles. The van der Waals surface area contributed by atoms with E-state index in [9.17, 15) is 14.9 Å². The molecular formula is C17H18N4O4. The minimum absolute atomic E-state index is 0.0840. The van der Waals surface area contributed by atoms with Gasteiger partial charge in [-0.25, -0.2) is 0 Å². The topological polar surface area (TPSA) is 111 Å². The first-order chi connectivity index (χ1) is 12.1. The molecule has 2 aromatic rings. The predicted octanol–water partition coefficient (Wildman–Crippen LogP) is 1.89. The first kappa shape index (κ1) is 16.7. The number of carbonyl (C=O) groups is 1. The summed E-state index contributed by atoms with van der Waals surface area (Å²) in [6.07, 6.45) is 0. The van der Waals surface area contributed by atoms with Gasteiger partial charge in [-0.15, -0.1) is 0 Å². The molecule has 0 spiro atoms. The molecule has 8 nitrogen and oxygen atoms in total. The van der Waals surface area contributed by atoms with E-state index in [0.717, 1.165) is 5.56 Å². The van der Waals surface area contributed by atoms with Crippen LogP contribution in [0.3, 0.4) is 0 Å². The van der Waals surface area contributed by atoms with Crippen LogP contribution in [0, 0.1) is 10.1 Å². The third-order valence-electron chi connectivity index (χ3n) is 3.86. The molecule has 1 aliphatic rings. The molecular weight excluding hydrogens is 324 g/mol. The number of nitrogens with one attached hydrogen (secondary N) is 1. The fourth-order valence-electron chi connectivity index (χ4n) is 2.75. The lowest BCUT2D eigenvalue weighted by atomic mass is 10.1. The highest BCUT2D eigenvalue weighted by Crippen LogP contribution is 2.40. The van der Waals surface area contributed by atoms with E-state index in [0.29, 0.717) is 36.8 Å². The molecule has 0 saturated carbocycles. The molecule has 3 rings (SSSR count). The number of hydrogen-bond acceptors (Lipinski definition) is 6. The van der Waals surface area contributed by atoms with Crippen molar-refractivity contribution in [3.8, 4) is 5.75 Å². The highest BCUT2D eigenvalue weighted by molar-refractivity contribution is 5.97. The van der Waals surface area contributed by atoms with Crippen LogP contribution in [0.1, 0.15) is 5.56 Å². The van der Waals surface area contributed by atoms with Crippen LogP contribution >= 0.6 is 0 Å². The zero-order chi connectivity index (χ0) is 17.8. The van der Waals surface area contributed by atoms with Gasteiger partial charge in [0.1, 0.15) is 5.69 Å². The molecule has 0 aromatic heterocycles. The van der Waals surface area contributed by atoms with E-state index in [2.05, 4.69) is 5.32 Å². The van der Waals surface area contributed by atoms with Gasteiger partial charge in [0, 0.05) is 19.6 Å². The summed E-state index contributed by atoms with van der Waals surface area (Å²) < 4.78 is 5.28. The summed E-state index contributed by atoms with van der Waals surface area (Å²) >= 11 is 0. The molecule has 0 unspecified atom stereocenters. The molecule has 8 heteroatoms. The summed E-state index contributed by atoms with van der Waals surface area (Å²) in [7, 11) is 0. The van der Waals surface area contributed by atoms with E-state index in [1.54, 1.807) is 6.07 Å². The van der Waals surface area contributed by atoms with Crippen LogP contribution in [-0.2, 0) is 11.3 Å². The van der Waals surface area contributed by atoms with Crippen molar-refractivity contribution in [3.63, 3.8) is 0 Å². The smallest absolute Gasteiger partial charge is 0.296 e. The summed E-state index contributed by atoms with van der Waals surface area (Å²) in [5, 5.41) is 14.2. The van der Waals surface area contributed by atoms with Crippen LogP contribution in [0.2, 0.25) is 0 Å². The summed E-state index contributed by atoms with van der Waals surface area (Å²) in [6.45, 7) is 1.08. The normalized spacial score (nSPS) is 12.8. The molecule has 0 atom stereocenters. The standard InChI is InChI=1S/C17H18N4O4/c18-6-7-20(10-12-4-2-1-3-5-12)14-8-13-16(9-15(14)21(23)24)25-11-17(22)19-13/h1-5,8-9H,6-7,10-11,18H2,(H,19,22). The third-order valence-corrected chi connectivity index (χ3v) is 3.86. The maximum absolute atomic E-state index is 11.5.